The van der Waals surface area contributed by atoms with Crippen molar-refractivity contribution in [2.24, 2.45) is 5.92 Å². The Kier molecular flexibility index (Phi) is 5.06. The second-order valence-electron chi connectivity index (χ2n) is 7.20. The number of rotatable bonds is 4. The molecule has 1 saturated heterocycles. The molecule has 3 heterocycles. The van der Waals surface area contributed by atoms with Crippen molar-refractivity contribution in [1.82, 2.24) is 20.0 Å². The van der Waals surface area contributed by atoms with Crippen molar-refractivity contribution in [3.05, 3.63) is 59.9 Å². The third-order valence-corrected chi connectivity index (χ3v) is 5.06. The molecular formula is C21H24N6O. The van der Waals surface area contributed by atoms with E-state index in [1.54, 1.807) is 4.68 Å². The van der Waals surface area contributed by atoms with Crippen LogP contribution in [0.1, 0.15) is 24.2 Å². The van der Waals surface area contributed by atoms with Crippen molar-refractivity contribution in [3.63, 3.8) is 0 Å². The molecule has 0 radical (unpaired) electrons. The zero-order valence-electron chi connectivity index (χ0n) is 16.2. The fourth-order valence-corrected chi connectivity index (χ4v) is 3.51. The number of aryl methyl sites for hydroxylation is 2. The van der Waals surface area contributed by atoms with Gasteiger partial charge in [0.25, 0.3) is 0 Å². The van der Waals surface area contributed by atoms with Crippen LogP contribution in [0.5, 0.6) is 0 Å². The number of hydrogen-bond donors (Lipinski definition) is 1. The van der Waals surface area contributed by atoms with Crippen molar-refractivity contribution in [3.8, 4) is 5.69 Å². The summed E-state index contributed by atoms with van der Waals surface area (Å²) in [6.07, 6.45) is 1.58. The van der Waals surface area contributed by atoms with Gasteiger partial charge in [-0.2, -0.15) is 10.2 Å². The average molecular weight is 376 g/mol. The highest BCUT2D eigenvalue weighted by molar-refractivity contribution is 5.92. The molecule has 1 amide bonds. The lowest BCUT2D eigenvalue weighted by atomic mass is 9.96. The highest BCUT2D eigenvalue weighted by Crippen LogP contribution is 2.24. The zero-order valence-corrected chi connectivity index (χ0v) is 16.2. The molecular weight excluding hydrogens is 352 g/mol. The topological polar surface area (TPSA) is 75.9 Å². The van der Waals surface area contributed by atoms with Gasteiger partial charge < -0.3 is 10.2 Å². The van der Waals surface area contributed by atoms with E-state index in [1.165, 1.54) is 0 Å². The number of anilines is 2. The minimum Gasteiger partial charge on any atom is -0.355 e. The van der Waals surface area contributed by atoms with Crippen molar-refractivity contribution in [2.75, 3.05) is 23.3 Å². The second kappa shape index (κ2) is 7.80. The quantitative estimate of drug-likeness (QED) is 0.757. The average Bonchev–Trinajstić information content (AvgIpc) is 3.09. The van der Waals surface area contributed by atoms with Gasteiger partial charge in [0.2, 0.25) is 5.91 Å². The maximum Gasteiger partial charge on any atom is 0.228 e. The third kappa shape index (κ3) is 3.88. The molecule has 4 rings (SSSR count). The summed E-state index contributed by atoms with van der Waals surface area (Å²) < 4.78 is 1.78. The smallest absolute Gasteiger partial charge is 0.228 e. The normalized spacial score (nSPS) is 14.9. The van der Waals surface area contributed by atoms with Crippen LogP contribution in [-0.2, 0) is 4.79 Å². The Labute approximate surface area is 164 Å². The minimum absolute atomic E-state index is 0.0194. The van der Waals surface area contributed by atoms with Crippen LogP contribution >= 0.6 is 0 Å². The van der Waals surface area contributed by atoms with Crippen LogP contribution in [0.4, 0.5) is 11.6 Å². The fraction of sp³-hybridized carbons (Fsp3) is 0.333. The van der Waals surface area contributed by atoms with Crippen LogP contribution in [0.25, 0.3) is 5.69 Å². The molecule has 0 unspecified atom stereocenters. The first-order valence-corrected chi connectivity index (χ1v) is 9.58. The van der Waals surface area contributed by atoms with Gasteiger partial charge in [-0.1, -0.05) is 18.2 Å². The number of nitrogens with zero attached hydrogens (tertiary/aromatic N) is 5. The summed E-state index contributed by atoms with van der Waals surface area (Å²) in [4.78, 5) is 15.0. The largest absolute Gasteiger partial charge is 0.355 e. The minimum atomic E-state index is -0.0194. The monoisotopic (exact) mass is 376 g/mol. The number of para-hydroxylation sites is 1. The Morgan fingerprint density at radius 2 is 1.75 bits per heavy atom. The molecule has 0 spiro atoms. The Morgan fingerprint density at radius 1 is 1.00 bits per heavy atom. The van der Waals surface area contributed by atoms with Gasteiger partial charge in [-0.15, -0.1) is 5.10 Å². The van der Waals surface area contributed by atoms with Crippen LogP contribution in [0.15, 0.2) is 48.5 Å². The molecule has 0 bridgehead atoms. The number of benzene rings is 1. The third-order valence-electron chi connectivity index (χ3n) is 5.06. The molecule has 1 aliphatic heterocycles. The van der Waals surface area contributed by atoms with Crippen LogP contribution in [0.3, 0.4) is 0 Å². The lowest BCUT2D eigenvalue weighted by Gasteiger charge is -2.31. The predicted octanol–water partition coefficient (Wildman–Crippen LogP) is 3.13. The van der Waals surface area contributed by atoms with Crippen molar-refractivity contribution >= 4 is 17.5 Å². The maximum absolute atomic E-state index is 12.8. The number of aromatic nitrogens is 4. The van der Waals surface area contributed by atoms with E-state index in [4.69, 9.17) is 0 Å². The van der Waals surface area contributed by atoms with E-state index in [0.29, 0.717) is 5.82 Å². The molecule has 0 aliphatic carbocycles. The lowest BCUT2D eigenvalue weighted by Crippen LogP contribution is -2.38. The van der Waals surface area contributed by atoms with Gasteiger partial charge in [-0.25, -0.2) is 4.68 Å². The predicted molar refractivity (Wildman–Crippen MR) is 109 cm³/mol. The molecule has 0 atom stereocenters. The molecule has 7 heteroatoms. The summed E-state index contributed by atoms with van der Waals surface area (Å²) in [5.41, 5.74) is 2.70. The number of carbonyl (C=O) groups excluding carboxylic acids is 1. The zero-order chi connectivity index (χ0) is 19.5. The van der Waals surface area contributed by atoms with Crippen LogP contribution in [0.2, 0.25) is 0 Å². The Balaban J connectivity index is 1.41. The summed E-state index contributed by atoms with van der Waals surface area (Å²) >= 11 is 0. The fourth-order valence-electron chi connectivity index (χ4n) is 3.51. The first-order chi connectivity index (χ1) is 13.6. The van der Waals surface area contributed by atoms with Crippen molar-refractivity contribution in [2.45, 2.75) is 26.7 Å². The van der Waals surface area contributed by atoms with Gasteiger partial charge in [0.15, 0.2) is 5.82 Å². The van der Waals surface area contributed by atoms with Crippen LogP contribution in [0, 0.1) is 19.8 Å². The van der Waals surface area contributed by atoms with Gasteiger partial charge in [0.1, 0.15) is 5.82 Å². The molecule has 144 valence electrons. The van der Waals surface area contributed by atoms with E-state index in [0.717, 1.165) is 48.8 Å². The van der Waals surface area contributed by atoms with Gasteiger partial charge in [-0.05, 0) is 51.0 Å². The SMILES string of the molecule is Cc1ccc(N2CCC(C(=O)Nc3cc(C)nn3-c3ccccc3)CC2)nn1. The summed E-state index contributed by atoms with van der Waals surface area (Å²) in [5.74, 6) is 1.61. The van der Waals surface area contributed by atoms with Crippen LogP contribution in [-0.4, -0.2) is 39.0 Å². The highest BCUT2D eigenvalue weighted by Gasteiger charge is 2.26. The Hall–Kier alpha value is -3.22. The number of piperidine rings is 1. The van der Waals surface area contributed by atoms with E-state index in [9.17, 15) is 4.79 Å². The Bertz CT molecular complexity index is 943. The van der Waals surface area contributed by atoms with E-state index >= 15 is 0 Å². The van der Waals surface area contributed by atoms with E-state index in [1.807, 2.05) is 62.4 Å². The first kappa shape index (κ1) is 18.2. The van der Waals surface area contributed by atoms with Gasteiger partial charge in [0.05, 0.1) is 17.1 Å². The van der Waals surface area contributed by atoms with Crippen molar-refractivity contribution < 1.29 is 4.79 Å². The summed E-state index contributed by atoms with van der Waals surface area (Å²) in [5, 5.41) is 16.0. The summed E-state index contributed by atoms with van der Waals surface area (Å²) in [6, 6.07) is 15.7. The number of amides is 1. The van der Waals surface area contributed by atoms with Gasteiger partial charge >= 0.3 is 0 Å². The molecule has 3 aromatic rings. The molecule has 2 aromatic heterocycles. The Morgan fingerprint density at radius 3 is 2.43 bits per heavy atom. The standard InChI is InChI=1S/C21H24N6O/c1-15-8-9-19(24-23-15)26-12-10-17(11-13-26)21(28)22-20-14-16(2)25-27(20)18-6-4-3-5-7-18/h3-9,14,17H,10-13H2,1-2H3,(H,22,28). The van der Waals surface area contributed by atoms with Gasteiger partial charge in [-0.3, -0.25) is 4.79 Å². The number of hydrogen-bond acceptors (Lipinski definition) is 5. The molecule has 7 nitrogen and oxygen atoms in total. The highest BCUT2D eigenvalue weighted by atomic mass is 16.2. The second-order valence-corrected chi connectivity index (χ2v) is 7.20. The van der Waals surface area contributed by atoms with Crippen LogP contribution < -0.4 is 10.2 Å². The molecule has 1 fully saturated rings. The van der Waals surface area contributed by atoms with E-state index < -0.39 is 0 Å². The summed E-state index contributed by atoms with van der Waals surface area (Å²) in [6.45, 7) is 5.45. The molecule has 1 N–H and O–H groups in total. The van der Waals surface area contributed by atoms with Gasteiger partial charge in [0, 0.05) is 25.1 Å². The summed E-state index contributed by atoms with van der Waals surface area (Å²) in [7, 11) is 0. The lowest BCUT2D eigenvalue weighted by molar-refractivity contribution is -0.120. The number of carbonyl (C=O) groups is 1. The molecule has 1 aromatic carbocycles. The molecule has 1 aliphatic rings. The molecule has 28 heavy (non-hydrogen) atoms. The maximum atomic E-state index is 12.8. The first-order valence-electron chi connectivity index (χ1n) is 9.58. The van der Waals surface area contributed by atoms with E-state index in [2.05, 4.69) is 25.5 Å². The van der Waals surface area contributed by atoms with Crippen molar-refractivity contribution in [1.29, 1.82) is 0 Å². The molecule has 0 saturated carbocycles. The van der Waals surface area contributed by atoms with E-state index in [-0.39, 0.29) is 11.8 Å². The number of nitrogens with one attached hydrogen (secondary N) is 1.